The Morgan fingerprint density at radius 1 is 1.11 bits per heavy atom. The van der Waals surface area contributed by atoms with E-state index in [9.17, 15) is 20.1 Å². The van der Waals surface area contributed by atoms with E-state index in [0.717, 1.165) is 63.4 Å². The van der Waals surface area contributed by atoms with Crippen LogP contribution in [0.4, 0.5) is 0 Å². The molecule has 4 aliphatic carbocycles. The third-order valence-electron chi connectivity index (χ3n) is 9.95. The van der Waals surface area contributed by atoms with Gasteiger partial charge in [-0.2, -0.15) is 0 Å². The summed E-state index contributed by atoms with van der Waals surface area (Å²) in [4.78, 5) is 11.6. The van der Waals surface area contributed by atoms with Crippen LogP contribution < -0.4 is 0 Å². The first kappa shape index (κ1) is 19.1. The molecule has 3 N–H and O–H groups in total. The van der Waals surface area contributed by atoms with Crippen LogP contribution in [0.3, 0.4) is 0 Å². The molecule has 0 radical (unpaired) electrons. The average Bonchev–Trinajstić information content (AvgIpc) is 3.22. The van der Waals surface area contributed by atoms with Gasteiger partial charge in [0.1, 0.15) is 6.61 Å². The molecule has 5 nitrogen and oxygen atoms in total. The fourth-order valence-corrected chi connectivity index (χ4v) is 8.49. The van der Waals surface area contributed by atoms with Gasteiger partial charge in [0.15, 0.2) is 0 Å². The van der Waals surface area contributed by atoms with E-state index >= 15 is 0 Å². The molecule has 5 heteroatoms. The van der Waals surface area contributed by atoms with Gasteiger partial charge in [-0.1, -0.05) is 6.92 Å². The molecule has 4 fully saturated rings. The molecule has 0 saturated heterocycles. The Morgan fingerprint density at radius 3 is 2.64 bits per heavy atom. The molecule has 4 saturated carbocycles. The highest BCUT2D eigenvalue weighted by Gasteiger charge is 2.68. The van der Waals surface area contributed by atoms with E-state index < -0.39 is 5.60 Å². The summed E-state index contributed by atoms with van der Waals surface area (Å²) < 4.78 is 5.19. The van der Waals surface area contributed by atoms with Crippen molar-refractivity contribution in [1.29, 1.82) is 0 Å². The van der Waals surface area contributed by atoms with Crippen LogP contribution in [0.2, 0.25) is 0 Å². The van der Waals surface area contributed by atoms with Gasteiger partial charge in [0, 0.05) is 18.1 Å². The van der Waals surface area contributed by atoms with Gasteiger partial charge >= 0.3 is 5.97 Å². The van der Waals surface area contributed by atoms with Crippen LogP contribution in [0.5, 0.6) is 0 Å². The van der Waals surface area contributed by atoms with Crippen molar-refractivity contribution in [3.63, 3.8) is 0 Å². The molecule has 1 heterocycles. The monoisotopic (exact) mass is 390 g/mol. The van der Waals surface area contributed by atoms with E-state index in [-0.39, 0.29) is 41.3 Å². The number of rotatable bonds is 2. The Labute approximate surface area is 167 Å². The molecule has 5 rings (SSSR count). The third kappa shape index (κ3) is 2.33. The second-order valence-electron chi connectivity index (χ2n) is 10.6. The molecular formula is C23H34O5. The van der Waals surface area contributed by atoms with E-state index in [1.807, 2.05) is 0 Å². The topological polar surface area (TPSA) is 87.0 Å². The molecule has 0 aromatic heterocycles. The zero-order chi connectivity index (χ0) is 19.7. The SMILES string of the molecule is C[C@]12CCC3C(CCC4CC(O)CC[C@@]43CO)[C@]1(O)CCC2C1=CC(=O)OC1. The van der Waals surface area contributed by atoms with Crippen molar-refractivity contribution in [1.82, 2.24) is 0 Å². The van der Waals surface area contributed by atoms with Crippen molar-refractivity contribution >= 4 is 5.97 Å². The summed E-state index contributed by atoms with van der Waals surface area (Å²) in [5.74, 6) is 0.866. The molecule has 1 aliphatic heterocycles. The van der Waals surface area contributed by atoms with Crippen LogP contribution >= 0.6 is 0 Å². The first-order valence-corrected chi connectivity index (χ1v) is 11.2. The maximum atomic E-state index is 12.1. The minimum Gasteiger partial charge on any atom is -0.458 e. The van der Waals surface area contributed by atoms with Gasteiger partial charge in [0.25, 0.3) is 0 Å². The van der Waals surface area contributed by atoms with Gasteiger partial charge < -0.3 is 20.1 Å². The number of esters is 1. The molecule has 5 unspecified atom stereocenters. The van der Waals surface area contributed by atoms with Crippen molar-refractivity contribution in [2.45, 2.75) is 76.4 Å². The zero-order valence-corrected chi connectivity index (χ0v) is 16.9. The Morgan fingerprint density at radius 2 is 1.93 bits per heavy atom. The first-order chi connectivity index (χ1) is 13.3. The molecular weight excluding hydrogens is 356 g/mol. The molecule has 28 heavy (non-hydrogen) atoms. The summed E-state index contributed by atoms with van der Waals surface area (Å²) in [6.45, 7) is 2.78. The quantitative estimate of drug-likeness (QED) is 0.631. The Kier molecular flexibility index (Phi) is 4.29. The molecule has 5 aliphatic rings. The van der Waals surface area contributed by atoms with E-state index in [1.165, 1.54) is 0 Å². The highest BCUT2D eigenvalue weighted by atomic mass is 16.5. The smallest absolute Gasteiger partial charge is 0.331 e. The van der Waals surface area contributed by atoms with E-state index in [4.69, 9.17) is 4.74 Å². The molecule has 0 bridgehead atoms. The minimum atomic E-state index is -0.740. The van der Waals surface area contributed by atoms with E-state index in [1.54, 1.807) is 6.08 Å². The number of cyclic esters (lactones) is 1. The molecule has 0 aromatic rings. The molecule has 8 atom stereocenters. The lowest BCUT2D eigenvalue weighted by Crippen LogP contribution is -2.63. The Bertz CT molecular complexity index is 703. The number of hydrogen-bond acceptors (Lipinski definition) is 5. The van der Waals surface area contributed by atoms with Gasteiger partial charge in [-0.3, -0.25) is 0 Å². The molecule has 156 valence electrons. The highest BCUT2D eigenvalue weighted by molar-refractivity contribution is 5.85. The van der Waals surface area contributed by atoms with E-state index in [2.05, 4.69) is 6.92 Å². The standard InChI is InChI=1S/C23H34O5/c1-21-7-5-18-19(3-2-15-11-16(25)4-8-22(15,18)13-24)23(21,27)9-6-17(21)14-10-20(26)28-12-14/h10,15-19,24-25,27H,2-9,11-13H2,1H3/t15?,16?,17?,18?,19?,21-,22-,23-/m1/s1. The number of carbonyl (C=O) groups is 1. The van der Waals surface area contributed by atoms with Gasteiger partial charge in [0.05, 0.1) is 11.7 Å². The predicted octanol–water partition coefficient (Wildman–Crippen LogP) is 2.58. The lowest BCUT2D eigenvalue weighted by atomic mass is 9.43. The average molecular weight is 391 g/mol. The van der Waals surface area contributed by atoms with Gasteiger partial charge in [-0.05, 0) is 92.4 Å². The number of hydrogen-bond donors (Lipinski definition) is 3. The van der Waals surface area contributed by atoms with Crippen LogP contribution in [0.25, 0.3) is 0 Å². The number of fused-ring (bicyclic) bond motifs is 5. The Balaban J connectivity index is 1.48. The summed E-state index contributed by atoms with van der Waals surface area (Å²) in [5, 5.41) is 32.8. The van der Waals surface area contributed by atoms with E-state index in [0.29, 0.717) is 18.4 Å². The normalized spacial score (nSPS) is 53.1. The van der Waals surface area contributed by atoms with Crippen LogP contribution in [-0.4, -0.2) is 46.2 Å². The van der Waals surface area contributed by atoms with Gasteiger partial charge in [0.2, 0.25) is 0 Å². The summed E-state index contributed by atoms with van der Waals surface area (Å²) in [6, 6.07) is 0. The summed E-state index contributed by atoms with van der Waals surface area (Å²) in [5.41, 5.74) is -0.0431. The maximum absolute atomic E-state index is 12.1. The number of aliphatic hydroxyl groups excluding tert-OH is 2. The van der Waals surface area contributed by atoms with Crippen LogP contribution in [0.15, 0.2) is 11.6 Å². The van der Waals surface area contributed by atoms with Gasteiger partial charge in [-0.25, -0.2) is 4.79 Å². The molecule has 0 spiro atoms. The van der Waals surface area contributed by atoms with Crippen LogP contribution in [0, 0.1) is 34.5 Å². The van der Waals surface area contributed by atoms with Crippen molar-refractivity contribution < 1.29 is 24.9 Å². The fraction of sp³-hybridized carbons (Fsp3) is 0.870. The van der Waals surface area contributed by atoms with Crippen molar-refractivity contribution in [3.05, 3.63) is 11.6 Å². The number of carbonyl (C=O) groups excluding carboxylic acids is 1. The predicted molar refractivity (Wildman–Crippen MR) is 103 cm³/mol. The van der Waals surface area contributed by atoms with Crippen LogP contribution in [-0.2, 0) is 9.53 Å². The van der Waals surface area contributed by atoms with Crippen molar-refractivity contribution in [3.8, 4) is 0 Å². The molecule has 0 aromatic carbocycles. The fourth-order valence-electron chi connectivity index (χ4n) is 8.49. The second-order valence-corrected chi connectivity index (χ2v) is 10.6. The van der Waals surface area contributed by atoms with Crippen LogP contribution in [0.1, 0.15) is 64.7 Å². The number of ether oxygens (including phenoxy) is 1. The summed E-state index contributed by atoms with van der Waals surface area (Å²) >= 11 is 0. The van der Waals surface area contributed by atoms with Crippen molar-refractivity contribution in [2.75, 3.05) is 13.2 Å². The van der Waals surface area contributed by atoms with Crippen molar-refractivity contribution in [2.24, 2.45) is 34.5 Å². The Hall–Kier alpha value is -0.910. The largest absolute Gasteiger partial charge is 0.458 e. The minimum absolute atomic E-state index is 0.136. The lowest BCUT2D eigenvalue weighted by molar-refractivity contribution is -0.219. The lowest BCUT2D eigenvalue weighted by Gasteiger charge is -2.64. The number of aliphatic hydroxyl groups is 3. The first-order valence-electron chi connectivity index (χ1n) is 11.2. The highest BCUT2D eigenvalue weighted by Crippen LogP contribution is 2.69. The maximum Gasteiger partial charge on any atom is 0.331 e. The zero-order valence-electron chi connectivity index (χ0n) is 16.9. The summed E-state index contributed by atoms with van der Waals surface area (Å²) in [7, 11) is 0. The van der Waals surface area contributed by atoms with Gasteiger partial charge in [-0.15, -0.1) is 0 Å². The summed E-state index contributed by atoms with van der Waals surface area (Å²) in [6.07, 6.45) is 9.47. The second kappa shape index (κ2) is 6.29. The molecule has 0 amide bonds. The third-order valence-corrected chi connectivity index (χ3v) is 9.95.